The number of likely N-dealkylation sites (N-methyl/N-ethyl adjacent to an activating group) is 1. The first-order valence-corrected chi connectivity index (χ1v) is 21.4. The summed E-state index contributed by atoms with van der Waals surface area (Å²) in [6.45, 7) is 2.75. The molecule has 2 heterocycles. The lowest BCUT2D eigenvalue weighted by Crippen LogP contribution is -2.55. The summed E-state index contributed by atoms with van der Waals surface area (Å²) in [5.41, 5.74) is 8.18. The van der Waals surface area contributed by atoms with Crippen molar-refractivity contribution >= 4 is 46.7 Å². The molecule has 0 saturated carbocycles. The lowest BCUT2D eigenvalue weighted by atomic mass is 9.88. The fraction of sp³-hybridized carbons (Fsp3) is 0.216. The number of nitriles is 1. The minimum absolute atomic E-state index is 0.0846. The van der Waals surface area contributed by atoms with E-state index >= 15 is 0 Å². The molecule has 2 amide bonds. The summed E-state index contributed by atoms with van der Waals surface area (Å²) in [5.74, 6) is -0.610. The molecule has 0 fully saturated rings. The van der Waals surface area contributed by atoms with Crippen LogP contribution in [0.5, 0.6) is 11.5 Å². The van der Waals surface area contributed by atoms with Crippen molar-refractivity contribution < 1.29 is 29.0 Å². The molecule has 0 radical (unpaired) electrons. The van der Waals surface area contributed by atoms with Gasteiger partial charge in [-0.25, -0.2) is 4.79 Å². The second-order valence-electron chi connectivity index (χ2n) is 15.8. The molecule has 318 valence electrons. The fourth-order valence-electron chi connectivity index (χ4n) is 8.38. The normalized spacial score (nSPS) is 16.7. The minimum atomic E-state index is -1.18. The molecule has 12 heteroatoms. The lowest BCUT2D eigenvalue weighted by molar-refractivity contribution is -0.143. The summed E-state index contributed by atoms with van der Waals surface area (Å²) < 4.78 is 12.5. The Bertz CT molecular complexity index is 2690. The van der Waals surface area contributed by atoms with Crippen LogP contribution in [0.4, 0.5) is 5.69 Å². The summed E-state index contributed by atoms with van der Waals surface area (Å²) >= 11 is 12.2. The SMILES string of the molecule is CCC(c1ccccc1)N1Cc2cc3c(cc2C[C@H]1C(=O)NC(Cc1ccc(-c2ccc(C#N)cc2)cc1)C(=O)O)N(C)C(=O)[C@H](c1ccc(OCc2ccc(Cl)c(Cl)c2)cc1)O3. The van der Waals surface area contributed by atoms with Crippen molar-refractivity contribution in [3.05, 3.63) is 182 Å². The van der Waals surface area contributed by atoms with E-state index in [1.165, 1.54) is 0 Å². The van der Waals surface area contributed by atoms with Crippen LogP contribution in [0.25, 0.3) is 11.1 Å². The van der Waals surface area contributed by atoms with Crippen LogP contribution in [0.2, 0.25) is 10.0 Å². The molecule has 8 rings (SSSR count). The van der Waals surface area contributed by atoms with E-state index in [1.807, 2.05) is 97.1 Å². The molecule has 2 unspecified atom stereocenters. The van der Waals surface area contributed by atoms with E-state index in [0.29, 0.717) is 57.7 Å². The summed E-state index contributed by atoms with van der Waals surface area (Å²) in [4.78, 5) is 44.8. The van der Waals surface area contributed by atoms with E-state index in [9.17, 15) is 19.5 Å². The minimum Gasteiger partial charge on any atom is -0.489 e. The third-order valence-corrected chi connectivity index (χ3v) is 12.5. The van der Waals surface area contributed by atoms with E-state index in [-0.39, 0.29) is 30.9 Å². The number of aliphatic carboxylic acids is 1. The van der Waals surface area contributed by atoms with Crippen LogP contribution in [0, 0.1) is 11.3 Å². The maximum atomic E-state index is 14.5. The second kappa shape index (κ2) is 18.8. The molecule has 4 atom stereocenters. The van der Waals surface area contributed by atoms with Crippen molar-refractivity contribution in [3.63, 3.8) is 0 Å². The number of ether oxygens (including phenoxy) is 2. The zero-order valence-corrected chi connectivity index (χ0v) is 36.1. The van der Waals surface area contributed by atoms with Crippen LogP contribution in [0.3, 0.4) is 0 Å². The highest BCUT2D eigenvalue weighted by atomic mass is 35.5. The first kappa shape index (κ1) is 43.0. The molecule has 6 aromatic carbocycles. The van der Waals surface area contributed by atoms with Gasteiger partial charge in [-0.05, 0) is 100 Å². The molecule has 0 aromatic heterocycles. The number of nitrogens with zero attached hydrogens (tertiary/aromatic N) is 3. The quantitative estimate of drug-likeness (QED) is 0.117. The lowest BCUT2D eigenvalue weighted by Gasteiger charge is -2.42. The van der Waals surface area contributed by atoms with Crippen molar-refractivity contribution in [2.24, 2.45) is 0 Å². The smallest absolute Gasteiger partial charge is 0.326 e. The van der Waals surface area contributed by atoms with E-state index in [0.717, 1.165) is 38.9 Å². The van der Waals surface area contributed by atoms with Crippen molar-refractivity contribution in [2.75, 3.05) is 11.9 Å². The maximum Gasteiger partial charge on any atom is 0.326 e. The molecule has 2 aliphatic heterocycles. The number of hydrogen-bond donors (Lipinski definition) is 2. The number of hydrogen-bond acceptors (Lipinski definition) is 7. The van der Waals surface area contributed by atoms with E-state index in [2.05, 4.69) is 23.2 Å². The van der Waals surface area contributed by atoms with Crippen molar-refractivity contribution in [3.8, 4) is 28.7 Å². The average Bonchev–Trinajstić information content (AvgIpc) is 3.30. The van der Waals surface area contributed by atoms with Crippen LogP contribution >= 0.6 is 23.2 Å². The van der Waals surface area contributed by atoms with E-state index in [4.69, 9.17) is 37.9 Å². The van der Waals surface area contributed by atoms with E-state index in [1.54, 1.807) is 48.3 Å². The van der Waals surface area contributed by atoms with Gasteiger partial charge in [0.2, 0.25) is 12.0 Å². The van der Waals surface area contributed by atoms with Gasteiger partial charge in [-0.1, -0.05) is 115 Å². The van der Waals surface area contributed by atoms with Crippen LogP contribution < -0.4 is 19.7 Å². The van der Waals surface area contributed by atoms with Crippen LogP contribution in [0.1, 0.15) is 64.4 Å². The zero-order chi connectivity index (χ0) is 44.2. The second-order valence-corrected chi connectivity index (χ2v) is 16.6. The Labute approximate surface area is 376 Å². The Morgan fingerprint density at radius 2 is 1.56 bits per heavy atom. The Balaban J connectivity index is 1.02. The van der Waals surface area contributed by atoms with Gasteiger partial charge in [0.1, 0.15) is 24.1 Å². The van der Waals surface area contributed by atoms with Crippen molar-refractivity contribution in [1.82, 2.24) is 10.2 Å². The highest BCUT2D eigenvalue weighted by Gasteiger charge is 2.40. The fourth-order valence-corrected chi connectivity index (χ4v) is 8.70. The summed E-state index contributed by atoms with van der Waals surface area (Å²) in [6, 6.07) is 41.3. The standard InChI is InChI=1S/C51H44Cl2N4O6/c1-3-44(36-7-5-4-6-8-36)57-29-39-27-47-45(56(2)50(59)48(63-47)37-18-20-40(21-19-37)62-30-33-13-22-41(52)42(53)23-33)25-38(39)26-46(57)49(58)55-43(51(60)61)24-31-9-14-34(15-10-31)35-16-11-32(28-54)12-17-35/h4-23,25,27,43-44,46,48H,3,24,26,29-30H2,1-2H3,(H,55,58)(H,60,61)/t43?,44?,46-,48-/m0/s1. The third kappa shape index (κ3) is 9.42. The number of rotatable bonds is 13. The molecule has 2 aliphatic rings. The number of carboxylic acid groups (broad SMARTS) is 1. The van der Waals surface area contributed by atoms with Gasteiger partial charge in [0, 0.05) is 31.6 Å². The number of carbonyl (C=O) groups is 3. The molecule has 0 spiro atoms. The predicted octanol–water partition coefficient (Wildman–Crippen LogP) is 9.90. The zero-order valence-electron chi connectivity index (χ0n) is 34.6. The number of halogens is 2. The molecule has 2 N–H and O–H groups in total. The summed E-state index contributed by atoms with van der Waals surface area (Å²) in [5, 5.41) is 23.4. The number of benzene rings is 6. The highest BCUT2D eigenvalue weighted by molar-refractivity contribution is 6.42. The predicted molar refractivity (Wildman–Crippen MR) is 243 cm³/mol. The first-order valence-electron chi connectivity index (χ1n) is 20.7. The molecule has 63 heavy (non-hydrogen) atoms. The van der Waals surface area contributed by atoms with Gasteiger partial charge in [0.05, 0.1) is 33.4 Å². The van der Waals surface area contributed by atoms with Crippen molar-refractivity contribution in [2.45, 2.75) is 63.6 Å². The average molecular weight is 880 g/mol. The van der Waals surface area contributed by atoms with Gasteiger partial charge in [-0.2, -0.15) is 5.26 Å². The Morgan fingerprint density at radius 3 is 2.21 bits per heavy atom. The molecular weight excluding hydrogens is 835 g/mol. The maximum absolute atomic E-state index is 14.5. The largest absolute Gasteiger partial charge is 0.489 e. The molecule has 10 nitrogen and oxygen atoms in total. The van der Waals surface area contributed by atoms with Gasteiger partial charge in [0.15, 0.2) is 0 Å². The van der Waals surface area contributed by atoms with Gasteiger partial charge in [-0.3, -0.25) is 14.5 Å². The highest BCUT2D eigenvalue weighted by Crippen LogP contribution is 2.43. The first-order chi connectivity index (χ1) is 30.5. The van der Waals surface area contributed by atoms with Gasteiger partial charge in [0.25, 0.3) is 5.91 Å². The monoisotopic (exact) mass is 878 g/mol. The van der Waals surface area contributed by atoms with Gasteiger partial charge < -0.3 is 24.8 Å². The number of anilines is 1. The number of fused-ring (bicyclic) bond motifs is 2. The van der Waals surface area contributed by atoms with Crippen LogP contribution in [-0.2, 0) is 40.4 Å². The molecular formula is C51H44Cl2N4O6. The van der Waals surface area contributed by atoms with E-state index < -0.39 is 24.2 Å². The topological polar surface area (TPSA) is 132 Å². The molecule has 0 bridgehead atoms. The number of amides is 2. The number of nitrogens with one attached hydrogen (secondary N) is 1. The number of carboxylic acids is 1. The van der Waals surface area contributed by atoms with Gasteiger partial charge in [-0.15, -0.1) is 0 Å². The van der Waals surface area contributed by atoms with Crippen molar-refractivity contribution in [1.29, 1.82) is 5.26 Å². The summed E-state index contributed by atoms with van der Waals surface area (Å²) in [6.07, 6.45) is 0.181. The molecule has 0 saturated heterocycles. The van der Waals surface area contributed by atoms with Gasteiger partial charge >= 0.3 is 5.97 Å². The Hall–Kier alpha value is -6.64. The van der Waals surface area contributed by atoms with Crippen LogP contribution in [-0.4, -0.2) is 46.9 Å². The third-order valence-electron chi connectivity index (χ3n) is 11.8. The summed E-state index contributed by atoms with van der Waals surface area (Å²) in [7, 11) is 1.72. The molecule has 6 aromatic rings. The Kier molecular flexibility index (Phi) is 12.8. The number of carbonyl (C=O) groups excluding carboxylic acids is 2. The van der Waals surface area contributed by atoms with Crippen LogP contribution in [0.15, 0.2) is 133 Å². The molecule has 0 aliphatic carbocycles. The Morgan fingerprint density at radius 1 is 0.873 bits per heavy atom.